The molecule has 9 nitrogen and oxygen atoms in total. The van der Waals surface area contributed by atoms with E-state index in [4.69, 9.17) is 15.2 Å². The van der Waals surface area contributed by atoms with Crippen LogP contribution in [-0.4, -0.2) is 42.4 Å². The van der Waals surface area contributed by atoms with Gasteiger partial charge in [0.15, 0.2) is 11.5 Å². The standard InChI is InChI=1S/C20H19N5O4/c1-28-17-8-7-12(9-18(17)29-2)15-10-16(24-23-15)20(27)25-22-11-13-5-3-4-6-14(13)19(21)26/h3-11H,1-2H3,(H2,21,26)(H,23,24)(H,25,27)/b22-11+. The number of hydrazone groups is 1. The van der Waals surface area contributed by atoms with Crippen molar-refractivity contribution >= 4 is 18.0 Å². The Morgan fingerprint density at radius 3 is 2.59 bits per heavy atom. The Labute approximate surface area is 166 Å². The van der Waals surface area contributed by atoms with E-state index in [0.29, 0.717) is 28.3 Å². The first-order valence-electron chi connectivity index (χ1n) is 8.53. The number of rotatable bonds is 7. The summed E-state index contributed by atoms with van der Waals surface area (Å²) < 4.78 is 10.5. The van der Waals surface area contributed by atoms with E-state index in [1.807, 2.05) is 0 Å². The molecule has 0 unspecified atom stereocenters. The van der Waals surface area contributed by atoms with Crippen LogP contribution in [-0.2, 0) is 0 Å². The number of ether oxygens (including phenoxy) is 2. The Bertz CT molecular complexity index is 1070. The summed E-state index contributed by atoms with van der Waals surface area (Å²) in [5.74, 6) is 0.0792. The fourth-order valence-corrected chi connectivity index (χ4v) is 2.64. The molecule has 0 saturated heterocycles. The number of carbonyl (C=O) groups is 2. The van der Waals surface area contributed by atoms with Crippen molar-refractivity contribution in [2.24, 2.45) is 10.8 Å². The number of aromatic nitrogens is 2. The van der Waals surface area contributed by atoms with Crippen molar-refractivity contribution in [3.8, 4) is 22.8 Å². The first-order valence-corrected chi connectivity index (χ1v) is 8.53. The maximum atomic E-state index is 12.3. The van der Waals surface area contributed by atoms with E-state index in [0.717, 1.165) is 5.56 Å². The van der Waals surface area contributed by atoms with Gasteiger partial charge in [0.1, 0.15) is 5.69 Å². The molecule has 0 atom stereocenters. The lowest BCUT2D eigenvalue weighted by atomic mass is 10.1. The summed E-state index contributed by atoms with van der Waals surface area (Å²) in [7, 11) is 3.09. The fraction of sp³-hybridized carbons (Fsp3) is 0.100. The van der Waals surface area contributed by atoms with E-state index < -0.39 is 11.8 Å². The number of aromatic amines is 1. The predicted octanol–water partition coefficient (Wildman–Crippen LogP) is 1.96. The quantitative estimate of drug-likeness (QED) is 0.417. The summed E-state index contributed by atoms with van der Waals surface area (Å²) in [6.07, 6.45) is 1.35. The maximum absolute atomic E-state index is 12.3. The number of benzene rings is 2. The fourth-order valence-electron chi connectivity index (χ4n) is 2.64. The molecule has 0 saturated carbocycles. The van der Waals surface area contributed by atoms with Crippen molar-refractivity contribution < 1.29 is 19.1 Å². The van der Waals surface area contributed by atoms with Crippen LogP contribution in [0, 0.1) is 0 Å². The second kappa shape index (κ2) is 8.70. The Hall–Kier alpha value is -4.14. The molecular formula is C20H19N5O4. The second-order valence-corrected chi connectivity index (χ2v) is 5.89. The molecule has 1 aromatic heterocycles. The molecule has 0 radical (unpaired) electrons. The minimum absolute atomic E-state index is 0.218. The molecule has 148 valence electrons. The van der Waals surface area contributed by atoms with E-state index in [2.05, 4.69) is 20.7 Å². The van der Waals surface area contributed by atoms with Crippen LogP contribution in [0.15, 0.2) is 53.6 Å². The smallest absolute Gasteiger partial charge is 0.289 e. The van der Waals surface area contributed by atoms with Crippen molar-refractivity contribution in [1.82, 2.24) is 15.6 Å². The Balaban J connectivity index is 1.73. The van der Waals surface area contributed by atoms with Gasteiger partial charge >= 0.3 is 0 Å². The molecule has 3 rings (SSSR count). The van der Waals surface area contributed by atoms with Gasteiger partial charge in [0.25, 0.3) is 5.91 Å². The van der Waals surface area contributed by atoms with Gasteiger partial charge in [-0.1, -0.05) is 18.2 Å². The molecule has 9 heteroatoms. The van der Waals surface area contributed by atoms with Crippen molar-refractivity contribution in [3.05, 3.63) is 65.4 Å². The third kappa shape index (κ3) is 4.41. The summed E-state index contributed by atoms with van der Waals surface area (Å²) in [5.41, 5.74) is 10.0. The van der Waals surface area contributed by atoms with E-state index >= 15 is 0 Å². The molecule has 2 aromatic carbocycles. The number of hydrogen-bond donors (Lipinski definition) is 3. The van der Waals surface area contributed by atoms with E-state index in [-0.39, 0.29) is 5.69 Å². The van der Waals surface area contributed by atoms with E-state index in [1.165, 1.54) is 6.21 Å². The number of primary amides is 1. The minimum atomic E-state index is -0.577. The summed E-state index contributed by atoms with van der Waals surface area (Å²) in [6, 6.07) is 13.6. The first kappa shape index (κ1) is 19.6. The zero-order chi connectivity index (χ0) is 20.8. The monoisotopic (exact) mass is 393 g/mol. The molecule has 0 aliphatic carbocycles. The molecule has 0 fully saturated rings. The van der Waals surface area contributed by atoms with Crippen molar-refractivity contribution in [2.75, 3.05) is 14.2 Å². The van der Waals surface area contributed by atoms with Gasteiger partial charge in [-0.2, -0.15) is 10.2 Å². The van der Waals surface area contributed by atoms with Gasteiger partial charge in [-0.05, 0) is 30.3 Å². The van der Waals surface area contributed by atoms with Gasteiger partial charge < -0.3 is 15.2 Å². The molecule has 4 N–H and O–H groups in total. The average molecular weight is 393 g/mol. The second-order valence-electron chi connectivity index (χ2n) is 5.89. The summed E-state index contributed by atoms with van der Waals surface area (Å²) in [5, 5.41) is 10.7. The van der Waals surface area contributed by atoms with Gasteiger partial charge in [0, 0.05) is 16.7 Å². The molecule has 1 heterocycles. The zero-order valence-electron chi connectivity index (χ0n) is 15.8. The van der Waals surface area contributed by atoms with E-state index in [1.54, 1.807) is 62.8 Å². The largest absolute Gasteiger partial charge is 0.493 e. The molecule has 3 aromatic rings. The molecule has 29 heavy (non-hydrogen) atoms. The van der Waals surface area contributed by atoms with Crippen LogP contribution in [0.2, 0.25) is 0 Å². The van der Waals surface area contributed by atoms with Crippen LogP contribution >= 0.6 is 0 Å². The molecule has 0 spiro atoms. The van der Waals surface area contributed by atoms with Gasteiger partial charge in [-0.3, -0.25) is 14.7 Å². The number of hydrogen-bond acceptors (Lipinski definition) is 6. The van der Waals surface area contributed by atoms with Crippen LogP contribution in [0.5, 0.6) is 11.5 Å². The number of carbonyl (C=O) groups excluding carboxylic acids is 2. The Morgan fingerprint density at radius 2 is 1.86 bits per heavy atom. The molecule has 0 aliphatic heterocycles. The van der Waals surface area contributed by atoms with Gasteiger partial charge in [0.05, 0.1) is 26.1 Å². The zero-order valence-corrected chi connectivity index (χ0v) is 15.8. The van der Waals surface area contributed by atoms with Crippen molar-refractivity contribution in [1.29, 1.82) is 0 Å². The van der Waals surface area contributed by atoms with Crippen LogP contribution in [0.25, 0.3) is 11.3 Å². The van der Waals surface area contributed by atoms with Crippen molar-refractivity contribution in [3.63, 3.8) is 0 Å². The number of amides is 2. The lowest BCUT2D eigenvalue weighted by molar-refractivity contribution is 0.0949. The van der Waals surface area contributed by atoms with Crippen LogP contribution in [0.1, 0.15) is 26.4 Å². The highest BCUT2D eigenvalue weighted by molar-refractivity contribution is 6.02. The topological polar surface area (TPSA) is 132 Å². The van der Waals surface area contributed by atoms with E-state index in [9.17, 15) is 9.59 Å². The van der Waals surface area contributed by atoms with Gasteiger partial charge in [0.2, 0.25) is 5.91 Å². The number of nitrogens with one attached hydrogen (secondary N) is 2. The van der Waals surface area contributed by atoms with Gasteiger partial charge in [-0.25, -0.2) is 5.43 Å². The Morgan fingerprint density at radius 1 is 1.10 bits per heavy atom. The summed E-state index contributed by atoms with van der Waals surface area (Å²) in [6.45, 7) is 0. The summed E-state index contributed by atoms with van der Waals surface area (Å²) >= 11 is 0. The molecule has 2 amide bonds. The lowest BCUT2D eigenvalue weighted by Crippen LogP contribution is -2.19. The first-order chi connectivity index (χ1) is 14.0. The molecule has 0 aliphatic rings. The van der Waals surface area contributed by atoms with Crippen LogP contribution in [0.4, 0.5) is 0 Å². The van der Waals surface area contributed by atoms with Gasteiger partial charge in [-0.15, -0.1) is 0 Å². The number of nitrogens with zero attached hydrogens (tertiary/aromatic N) is 2. The number of nitrogens with two attached hydrogens (primary N) is 1. The van der Waals surface area contributed by atoms with Crippen molar-refractivity contribution in [2.45, 2.75) is 0 Å². The predicted molar refractivity (Wildman–Crippen MR) is 107 cm³/mol. The third-order valence-corrected chi connectivity index (χ3v) is 4.10. The number of methoxy groups -OCH3 is 2. The lowest BCUT2D eigenvalue weighted by Gasteiger charge is -2.08. The maximum Gasteiger partial charge on any atom is 0.289 e. The highest BCUT2D eigenvalue weighted by Crippen LogP contribution is 2.31. The Kier molecular flexibility index (Phi) is 5.88. The molecular weight excluding hydrogens is 374 g/mol. The average Bonchev–Trinajstić information content (AvgIpc) is 3.23. The summed E-state index contributed by atoms with van der Waals surface area (Å²) in [4.78, 5) is 23.7. The minimum Gasteiger partial charge on any atom is -0.493 e. The van der Waals surface area contributed by atoms with Crippen LogP contribution in [0.3, 0.4) is 0 Å². The third-order valence-electron chi connectivity index (χ3n) is 4.10. The highest BCUT2D eigenvalue weighted by atomic mass is 16.5. The number of H-pyrrole nitrogens is 1. The van der Waals surface area contributed by atoms with Crippen LogP contribution < -0.4 is 20.6 Å². The highest BCUT2D eigenvalue weighted by Gasteiger charge is 2.13. The normalized spacial score (nSPS) is 10.7. The molecule has 0 bridgehead atoms. The SMILES string of the molecule is COc1ccc(-c2cc(C(=O)N/N=C/c3ccccc3C(N)=O)[nH]n2)cc1OC.